The van der Waals surface area contributed by atoms with Gasteiger partial charge in [-0.15, -0.1) is 0 Å². The van der Waals surface area contributed by atoms with E-state index in [0.717, 1.165) is 11.1 Å². The first kappa shape index (κ1) is 13.6. The molecule has 0 saturated carbocycles. The minimum atomic E-state index is -0.825. The number of hydrogen-bond acceptors (Lipinski definition) is 3. The van der Waals surface area contributed by atoms with Gasteiger partial charge in [-0.3, -0.25) is 4.94 Å². The molecule has 1 aromatic carbocycles. The molecule has 0 aliphatic carbocycles. The van der Waals surface area contributed by atoms with Gasteiger partial charge in [-0.25, -0.2) is 4.79 Å². The average molecular weight is 239 g/mol. The van der Waals surface area contributed by atoms with Gasteiger partial charge in [-0.1, -0.05) is 38.1 Å². The Morgan fingerprint density at radius 2 is 1.82 bits per heavy atom. The Kier molecular flexibility index (Phi) is 4.63. The number of benzene rings is 1. The van der Waals surface area contributed by atoms with Crippen molar-refractivity contribution < 1.29 is 14.3 Å². The van der Waals surface area contributed by atoms with Crippen LogP contribution in [-0.2, 0) is 22.7 Å². The van der Waals surface area contributed by atoms with Crippen LogP contribution in [0.3, 0.4) is 0 Å². The second kappa shape index (κ2) is 5.77. The van der Waals surface area contributed by atoms with E-state index >= 15 is 0 Å². The molecule has 0 unspecified atom stereocenters. The van der Waals surface area contributed by atoms with E-state index in [0.29, 0.717) is 13.0 Å². The zero-order valence-electron chi connectivity index (χ0n) is 10.2. The summed E-state index contributed by atoms with van der Waals surface area (Å²) < 4.78 is 11.7. The van der Waals surface area contributed by atoms with Crippen molar-refractivity contribution in [1.29, 1.82) is 0 Å². The highest BCUT2D eigenvalue weighted by Crippen LogP contribution is 2.26. The molecule has 94 valence electrons. The second-order valence-corrected chi connectivity index (χ2v) is 4.99. The predicted molar refractivity (Wildman–Crippen MR) is 63.6 cm³/mol. The first-order chi connectivity index (χ1) is 7.96. The normalized spacial score (nSPS) is 11.3. The molecular formula is C13H18FNO2. The van der Waals surface area contributed by atoms with Crippen LogP contribution in [0.1, 0.15) is 31.4 Å². The van der Waals surface area contributed by atoms with Crippen molar-refractivity contribution in [3.8, 4) is 0 Å². The van der Waals surface area contributed by atoms with E-state index < -0.39 is 5.97 Å². The number of rotatable bonds is 5. The number of carbonyl (C=O) groups excluding carboxylic acids is 1. The summed E-state index contributed by atoms with van der Waals surface area (Å²) in [7, 11) is 0. The molecule has 0 atom stereocenters. The first-order valence-electron chi connectivity index (χ1n) is 5.56. The quantitative estimate of drug-likeness (QED) is 0.859. The van der Waals surface area contributed by atoms with Gasteiger partial charge in [0, 0.05) is 11.1 Å². The zero-order valence-corrected chi connectivity index (χ0v) is 10.2. The third-order valence-corrected chi connectivity index (χ3v) is 2.65. The molecule has 2 N–H and O–H groups in total. The first-order valence-corrected chi connectivity index (χ1v) is 5.56. The highest BCUT2D eigenvalue weighted by Gasteiger charge is 2.24. The maximum atomic E-state index is 11.7. The Hall–Kier alpha value is -1.42. The molecule has 0 aliphatic heterocycles. The fraction of sp³-hybridized carbons (Fsp3) is 0.462. The van der Waals surface area contributed by atoms with Gasteiger partial charge in [-0.2, -0.15) is 0 Å². The average Bonchev–Trinajstić information content (AvgIpc) is 2.28. The maximum Gasteiger partial charge on any atom is 0.349 e. The van der Waals surface area contributed by atoms with Crippen LogP contribution >= 0.6 is 0 Å². The molecule has 3 nitrogen and oxygen atoms in total. The molecular weight excluding hydrogens is 221 g/mol. The van der Waals surface area contributed by atoms with Crippen LogP contribution in [0.4, 0.5) is 4.53 Å². The summed E-state index contributed by atoms with van der Waals surface area (Å²) in [6.07, 6.45) is 0.745. The molecule has 0 bridgehead atoms. The lowest BCUT2D eigenvalue weighted by molar-refractivity contribution is -0.186. The monoisotopic (exact) mass is 239 g/mol. The van der Waals surface area contributed by atoms with Gasteiger partial charge < -0.3 is 5.73 Å². The molecule has 0 aromatic heterocycles. The number of hydrogen-bond donors (Lipinski definition) is 1. The van der Waals surface area contributed by atoms with Gasteiger partial charge in [0.05, 0.1) is 6.42 Å². The van der Waals surface area contributed by atoms with Crippen molar-refractivity contribution in [1.82, 2.24) is 0 Å². The SMILES string of the molecule is CC(C)(CC(=O)OF)Cc1ccc(CN)cc1. The molecule has 1 aromatic rings. The van der Waals surface area contributed by atoms with E-state index in [4.69, 9.17) is 5.73 Å². The van der Waals surface area contributed by atoms with Crippen molar-refractivity contribution >= 4 is 5.97 Å². The molecule has 1 rings (SSSR count). The Bertz CT molecular complexity index is 374. The van der Waals surface area contributed by atoms with Crippen LogP contribution in [0.2, 0.25) is 0 Å². The van der Waals surface area contributed by atoms with Crippen molar-refractivity contribution in [3.63, 3.8) is 0 Å². The number of nitrogens with two attached hydrogens (primary N) is 1. The summed E-state index contributed by atoms with van der Waals surface area (Å²) in [6.45, 7) is 4.32. The molecule has 4 heteroatoms. The molecule has 0 aliphatic rings. The lowest BCUT2D eigenvalue weighted by atomic mass is 9.82. The molecule has 17 heavy (non-hydrogen) atoms. The number of carbonyl (C=O) groups is 1. The summed E-state index contributed by atoms with van der Waals surface area (Å²) in [4.78, 5) is 14.1. The van der Waals surface area contributed by atoms with E-state index in [-0.39, 0.29) is 11.8 Å². The van der Waals surface area contributed by atoms with E-state index in [9.17, 15) is 9.32 Å². The van der Waals surface area contributed by atoms with Crippen molar-refractivity contribution in [2.75, 3.05) is 0 Å². The third kappa shape index (κ3) is 4.53. The summed E-state index contributed by atoms with van der Waals surface area (Å²) in [5.41, 5.74) is 7.34. The minimum absolute atomic E-state index is 0.0577. The van der Waals surface area contributed by atoms with Crippen LogP contribution in [0.5, 0.6) is 0 Å². The third-order valence-electron chi connectivity index (χ3n) is 2.65. The summed E-state index contributed by atoms with van der Waals surface area (Å²) in [5.74, 6) is -0.825. The molecule has 0 amide bonds. The lowest BCUT2D eigenvalue weighted by Gasteiger charge is -2.22. The van der Waals surface area contributed by atoms with Gasteiger partial charge in [0.1, 0.15) is 0 Å². The van der Waals surface area contributed by atoms with E-state index in [1.807, 2.05) is 38.1 Å². The molecule has 0 heterocycles. The van der Waals surface area contributed by atoms with Gasteiger partial charge in [0.15, 0.2) is 0 Å². The van der Waals surface area contributed by atoms with E-state index in [2.05, 4.69) is 4.94 Å². The predicted octanol–water partition coefficient (Wildman–Crippen LogP) is 2.53. The summed E-state index contributed by atoms with van der Waals surface area (Å²) >= 11 is 0. The van der Waals surface area contributed by atoms with Crippen molar-refractivity contribution in [2.45, 2.75) is 33.2 Å². The maximum absolute atomic E-state index is 11.7. The molecule has 0 fully saturated rings. The van der Waals surface area contributed by atoms with E-state index in [1.165, 1.54) is 0 Å². The van der Waals surface area contributed by atoms with Crippen LogP contribution in [-0.4, -0.2) is 5.97 Å². The molecule has 0 radical (unpaired) electrons. The Balaban J connectivity index is 2.65. The van der Waals surface area contributed by atoms with Crippen LogP contribution < -0.4 is 5.73 Å². The molecule has 0 spiro atoms. The second-order valence-electron chi connectivity index (χ2n) is 4.99. The van der Waals surface area contributed by atoms with Crippen LogP contribution in [0.25, 0.3) is 0 Å². The van der Waals surface area contributed by atoms with E-state index in [1.54, 1.807) is 0 Å². The largest absolute Gasteiger partial charge is 0.349 e. The van der Waals surface area contributed by atoms with Crippen molar-refractivity contribution in [2.24, 2.45) is 11.1 Å². The standard InChI is InChI=1S/C13H18FNO2/c1-13(2,8-12(16)17-14)7-10-3-5-11(9-15)6-4-10/h3-6H,7-9,15H2,1-2H3. The van der Waals surface area contributed by atoms with Crippen molar-refractivity contribution in [3.05, 3.63) is 35.4 Å². The van der Waals surface area contributed by atoms with Crippen LogP contribution in [0, 0.1) is 5.41 Å². The Morgan fingerprint density at radius 1 is 1.29 bits per heavy atom. The lowest BCUT2D eigenvalue weighted by Crippen LogP contribution is -2.20. The summed E-state index contributed by atoms with van der Waals surface area (Å²) in [6, 6.07) is 7.87. The Morgan fingerprint density at radius 3 is 2.29 bits per heavy atom. The zero-order chi connectivity index (χ0) is 12.9. The Labute approximate surface area is 101 Å². The minimum Gasteiger partial charge on any atom is -0.326 e. The van der Waals surface area contributed by atoms with Crippen LogP contribution in [0.15, 0.2) is 24.3 Å². The number of halogens is 1. The van der Waals surface area contributed by atoms with Gasteiger partial charge in [0.2, 0.25) is 0 Å². The highest BCUT2D eigenvalue weighted by molar-refractivity contribution is 5.69. The summed E-state index contributed by atoms with van der Waals surface area (Å²) in [5, 5.41) is 0. The van der Waals surface area contributed by atoms with Gasteiger partial charge in [-0.05, 0) is 23.0 Å². The van der Waals surface area contributed by atoms with Gasteiger partial charge in [0.25, 0.3) is 0 Å². The smallest absolute Gasteiger partial charge is 0.326 e. The fourth-order valence-corrected chi connectivity index (χ4v) is 1.83. The topological polar surface area (TPSA) is 52.3 Å². The van der Waals surface area contributed by atoms with Gasteiger partial charge >= 0.3 is 5.97 Å². The highest BCUT2D eigenvalue weighted by atomic mass is 19.3. The fourth-order valence-electron chi connectivity index (χ4n) is 1.83. The molecule has 0 saturated heterocycles.